The van der Waals surface area contributed by atoms with Crippen LogP contribution >= 0.6 is 12.2 Å². The number of nitrogens with zero attached hydrogens (tertiary/aromatic N) is 1. The molecule has 1 aliphatic heterocycles. The Bertz CT molecular complexity index is 215. The van der Waals surface area contributed by atoms with Gasteiger partial charge in [0.2, 0.25) is 0 Å². The third-order valence-electron chi connectivity index (χ3n) is 1.23. The van der Waals surface area contributed by atoms with Crippen LogP contribution < -0.4 is 0 Å². The number of rotatable bonds is 1. The van der Waals surface area contributed by atoms with Crippen LogP contribution in [-0.2, 0) is 14.4 Å². The molecule has 1 fully saturated rings. The molecule has 4 nitrogen and oxygen atoms in total. The van der Waals surface area contributed by atoms with Gasteiger partial charge in [0.15, 0.2) is 0 Å². The second-order valence-corrected chi connectivity index (χ2v) is 2.64. The van der Waals surface area contributed by atoms with Gasteiger partial charge in [0.25, 0.3) is 5.91 Å². The molecule has 6 heteroatoms. The zero-order valence-corrected chi connectivity index (χ0v) is 6.81. The molecule has 0 aromatic rings. The van der Waals surface area contributed by atoms with E-state index in [0.717, 1.165) is 5.06 Å². The summed E-state index contributed by atoms with van der Waals surface area (Å²) in [6, 6.07) is 0. The SMILES string of the molecule is CC(=O)ON1C(=O)CCC1=S.[NaH]. The van der Waals surface area contributed by atoms with Crippen molar-refractivity contribution >= 4 is 58.6 Å². The summed E-state index contributed by atoms with van der Waals surface area (Å²) in [7, 11) is 0. The fraction of sp³-hybridized carbons (Fsp3) is 0.500. The first-order valence-electron chi connectivity index (χ1n) is 3.15. The van der Waals surface area contributed by atoms with E-state index in [0.29, 0.717) is 17.8 Å². The minimum atomic E-state index is -0.525. The number of thiocarbonyl (C=S) groups is 1. The number of hydrogen-bond donors (Lipinski definition) is 0. The van der Waals surface area contributed by atoms with Crippen molar-refractivity contribution in [2.24, 2.45) is 0 Å². The third-order valence-corrected chi connectivity index (χ3v) is 1.60. The van der Waals surface area contributed by atoms with Crippen molar-refractivity contribution in [1.29, 1.82) is 0 Å². The summed E-state index contributed by atoms with van der Waals surface area (Å²) in [5, 5.41) is 0.887. The predicted octanol–water partition coefficient (Wildman–Crippen LogP) is -0.234. The maximum absolute atomic E-state index is 10.9. The Labute approximate surface area is 97.5 Å². The van der Waals surface area contributed by atoms with Crippen LogP contribution in [0.2, 0.25) is 0 Å². The van der Waals surface area contributed by atoms with Crippen LogP contribution in [0.3, 0.4) is 0 Å². The second kappa shape index (κ2) is 4.91. The van der Waals surface area contributed by atoms with E-state index in [-0.39, 0.29) is 35.5 Å². The molecule has 1 rings (SSSR count). The fourth-order valence-corrected chi connectivity index (χ4v) is 1.03. The summed E-state index contributed by atoms with van der Waals surface area (Å²) in [4.78, 5) is 26.2. The Hall–Kier alpha value is 0.0300. The van der Waals surface area contributed by atoms with Crippen LogP contribution in [0.4, 0.5) is 0 Å². The van der Waals surface area contributed by atoms with Gasteiger partial charge in [-0.05, 0) is 0 Å². The van der Waals surface area contributed by atoms with Crippen molar-refractivity contribution in [2.45, 2.75) is 19.8 Å². The Balaban J connectivity index is 0.00000121. The van der Waals surface area contributed by atoms with Gasteiger partial charge in [-0.2, -0.15) is 0 Å². The molecule has 0 aromatic carbocycles. The number of carbonyl (C=O) groups is 2. The van der Waals surface area contributed by atoms with Gasteiger partial charge < -0.3 is 4.84 Å². The monoisotopic (exact) mass is 197 g/mol. The van der Waals surface area contributed by atoms with E-state index in [1.165, 1.54) is 6.92 Å². The summed E-state index contributed by atoms with van der Waals surface area (Å²) in [6.45, 7) is 1.23. The average molecular weight is 197 g/mol. The van der Waals surface area contributed by atoms with Crippen LogP contribution in [0.15, 0.2) is 0 Å². The van der Waals surface area contributed by atoms with E-state index in [1.54, 1.807) is 0 Å². The first kappa shape index (κ1) is 12.0. The summed E-state index contributed by atoms with van der Waals surface area (Å²) in [5.41, 5.74) is 0. The quantitative estimate of drug-likeness (QED) is 0.430. The summed E-state index contributed by atoms with van der Waals surface area (Å²) in [6.07, 6.45) is 0.841. The van der Waals surface area contributed by atoms with Gasteiger partial charge in [-0.15, -0.1) is 5.06 Å². The first-order chi connectivity index (χ1) is 5.11. The molecule has 0 N–H and O–H groups in total. The molecular formula is C6H8NNaO3S. The molecule has 1 amide bonds. The first-order valence-corrected chi connectivity index (χ1v) is 3.56. The molecule has 0 aliphatic carbocycles. The van der Waals surface area contributed by atoms with Gasteiger partial charge in [-0.1, -0.05) is 12.2 Å². The molecule has 62 valence electrons. The van der Waals surface area contributed by atoms with Gasteiger partial charge >= 0.3 is 35.5 Å². The van der Waals surface area contributed by atoms with Gasteiger partial charge in [-0.25, -0.2) is 4.79 Å². The van der Waals surface area contributed by atoms with Crippen molar-refractivity contribution in [3.63, 3.8) is 0 Å². The molecule has 0 unspecified atom stereocenters. The normalized spacial score (nSPS) is 15.9. The van der Waals surface area contributed by atoms with Crippen molar-refractivity contribution in [1.82, 2.24) is 5.06 Å². The van der Waals surface area contributed by atoms with E-state index >= 15 is 0 Å². The molecule has 0 spiro atoms. The molecular weight excluding hydrogens is 189 g/mol. The number of hydroxylamine groups is 2. The standard InChI is InChI=1S/C6H7NO3S.Na.H/c1-4(8)10-7-5(9)2-3-6(7)11;;/h2-3H2,1H3;;. The summed E-state index contributed by atoms with van der Waals surface area (Å²) < 4.78 is 0. The third kappa shape index (κ3) is 2.82. The number of amides is 1. The molecule has 0 bridgehead atoms. The Kier molecular flexibility index (Phi) is 4.92. The molecule has 12 heavy (non-hydrogen) atoms. The fourth-order valence-electron chi connectivity index (χ4n) is 0.786. The Morgan fingerprint density at radius 2 is 2.17 bits per heavy atom. The van der Waals surface area contributed by atoms with Crippen LogP contribution in [0.5, 0.6) is 0 Å². The summed E-state index contributed by atoms with van der Waals surface area (Å²) >= 11 is 4.76. The molecule has 1 aliphatic rings. The van der Waals surface area contributed by atoms with E-state index in [2.05, 4.69) is 4.84 Å². The molecule has 0 atom stereocenters. The molecule has 1 saturated heterocycles. The van der Waals surface area contributed by atoms with Gasteiger partial charge in [0.1, 0.15) is 4.99 Å². The van der Waals surface area contributed by atoms with Crippen molar-refractivity contribution < 1.29 is 14.4 Å². The zero-order valence-electron chi connectivity index (χ0n) is 5.99. The van der Waals surface area contributed by atoms with Gasteiger partial charge in [0, 0.05) is 19.8 Å². The van der Waals surface area contributed by atoms with Crippen LogP contribution in [0, 0.1) is 0 Å². The van der Waals surface area contributed by atoms with Crippen molar-refractivity contribution in [3.8, 4) is 0 Å². The minimum absolute atomic E-state index is 0. The molecule has 1 heterocycles. The van der Waals surface area contributed by atoms with Crippen LogP contribution in [-0.4, -0.2) is 51.5 Å². The van der Waals surface area contributed by atoms with E-state index in [4.69, 9.17) is 12.2 Å². The molecule has 0 saturated carbocycles. The Morgan fingerprint density at radius 3 is 2.50 bits per heavy atom. The zero-order chi connectivity index (χ0) is 8.43. The maximum atomic E-state index is 10.9. The van der Waals surface area contributed by atoms with Crippen LogP contribution in [0.1, 0.15) is 19.8 Å². The van der Waals surface area contributed by atoms with Crippen molar-refractivity contribution in [3.05, 3.63) is 0 Å². The van der Waals surface area contributed by atoms with Crippen LogP contribution in [0.25, 0.3) is 0 Å². The van der Waals surface area contributed by atoms with Gasteiger partial charge in [0.05, 0.1) is 0 Å². The summed E-state index contributed by atoms with van der Waals surface area (Å²) in [5.74, 6) is -0.771. The van der Waals surface area contributed by atoms with Gasteiger partial charge in [-0.3, -0.25) is 4.79 Å². The number of hydrogen-bond acceptors (Lipinski definition) is 4. The predicted molar refractivity (Wildman–Crippen MR) is 47.6 cm³/mol. The number of carbonyl (C=O) groups excluding carboxylic acids is 2. The second-order valence-electron chi connectivity index (χ2n) is 2.16. The molecule has 0 aromatic heterocycles. The van der Waals surface area contributed by atoms with E-state index in [9.17, 15) is 9.59 Å². The average Bonchev–Trinajstić information content (AvgIpc) is 2.18. The molecule has 0 radical (unpaired) electrons. The van der Waals surface area contributed by atoms with E-state index in [1.807, 2.05) is 0 Å². The Morgan fingerprint density at radius 1 is 1.58 bits per heavy atom. The van der Waals surface area contributed by atoms with E-state index < -0.39 is 5.97 Å². The topological polar surface area (TPSA) is 46.6 Å². The van der Waals surface area contributed by atoms with Crippen molar-refractivity contribution in [2.75, 3.05) is 0 Å².